The van der Waals surface area contributed by atoms with Crippen molar-refractivity contribution in [1.29, 1.82) is 5.41 Å². The fourth-order valence-corrected chi connectivity index (χ4v) is 4.49. The fraction of sp³-hybridized carbons (Fsp3) is 0.478. The number of carbonyl (C=O) groups excluding carboxylic acids is 1. The van der Waals surface area contributed by atoms with Gasteiger partial charge >= 0.3 is 0 Å². The first-order chi connectivity index (χ1) is 15.5. The quantitative estimate of drug-likeness (QED) is 0.588. The van der Waals surface area contributed by atoms with E-state index < -0.39 is 0 Å². The van der Waals surface area contributed by atoms with E-state index in [0.717, 1.165) is 31.2 Å². The van der Waals surface area contributed by atoms with E-state index in [4.69, 9.17) is 19.9 Å². The molecule has 0 aliphatic carbocycles. The monoisotopic (exact) mass is 437 g/mol. The molecule has 2 fully saturated rings. The van der Waals surface area contributed by atoms with Crippen molar-refractivity contribution in [3.05, 3.63) is 51.4 Å². The average molecular weight is 438 g/mol. The lowest BCUT2D eigenvalue weighted by molar-refractivity contribution is 0.0851. The van der Waals surface area contributed by atoms with Crippen LogP contribution >= 0.6 is 0 Å². The van der Waals surface area contributed by atoms with Crippen molar-refractivity contribution in [1.82, 2.24) is 19.3 Å². The van der Waals surface area contributed by atoms with E-state index in [1.54, 1.807) is 16.8 Å². The van der Waals surface area contributed by atoms with E-state index in [1.807, 2.05) is 13.0 Å². The van der Waals surface area contributed by atoms with E-state index in [9.17, 15) is 9.59 Å². The van der Waals surface area contributed by atoms with Crippen LogP contribution in [-0.4, -0.2) is 51.8 Å². The number of hydrogen-bond acceptors (Lipinski definition) is 6. The summed E-state index contributed by atoms with van der Waals surface area (Å²) in [5.41, 5.74) is 1.75. The molecule has 9 heteroatoms. The summed E-state index contributed by atoms with van der Waals surface area (Å²) in [5.74, 6) is -0.387. The molecule has 2 atom stereocenters. The van der Waals surface area contributed by atoms with Gasteiger partial charge in [0.05, 0.1) is 29.7 Å². The van der Waals surface area contributed by atoms with E-state index in [2.05, 4.69) is 5.32 Å². The van der Waals surface area contributed by atoms with Gasteiger partial charge in [-0.05, 0) is 50.3 Å². The number of hydrogen-bond donors (Lipinski definition) is 2. The van der Waals surface area contributed by atoms with Crippen LogP contribution in [0.3, 0.4) is 0 Å². The van der Waals surface area contributed by atoms with Gasteiger partial charge in [-0.3, -0.25) is 19.4 Å². The second kappa shape index (κ2) is 8.48. The highest BCUT2D eigenvalue weighted by molar-refractivity contribution is 5.96. The summed E-state index contributed by atoms with van der Waals surface area (Å²) in [6, 6.07) is 5.18. The van der Waals surface area contributed by atoms with Gasteiger partial charge in [0.1, 0.15) is 16.8 Å². The number of pyridine rings is 2. The smallest absolute Gasteiger partial charge is 0.267 e. The normalized spacial score (nSPS) is 20.9. The van der Waals surface area contributed by atoms with Crippen LogP contribution in [0.5, 0.6) is 0 Å². The number of ether oxygens (including phenoxy) is 2. The molecule has 0 saturated carbocycles. The predicted molar refractivity (Wildman–Crippen MR) is 118 cm³/mol. The van der Waals surface area contributed by atoms with Crippen LogP contribution in [0.1, 0.15) is 41.6 Å². The topological polar surface area (TPSA) is 111 Å². The Labute approximate surface area is 184 Å². The van der Waals surface area contributed by atoms with Gasteiger partial charge < -0.3 is 19.4 Å². The van der Waals surface area contributed by atoms with Gasteiger partial charge in [0.15, 0.2) is 0 Å². The highest BCUT2D eigenvalue weighted by atomic mass is 16.5. The third-order valence-corrected chi connectivity index (χ3v) is 6.22. The van der Waals surface area contributed by atoms with Gasteiger partial charge in [0.25, 0.3) is 11.5 Å². The average Bonchev–Trinajstić information content (AvgIpc) is 3.49. The zero-order valence-corrected chi connectivity index (χ0v) is 18.1. The minimum absolute atomic E-state index is 0.00758. The summed E-state index contributed by atoms with van der Waals surface area (Å²) in [7, 11) is 0. The molecule has 3 aromatic heterocycles. The molecule has 0 radical (unpaired) electrons. The van der Waals surface area contributed by atoms with Crippen LogP contribution in [0.25, 0.3) is 16.7 Å². The molecule has 2 N–H and O–H groups in total. The van der Waals surface area contributed by atoms with Crippen molar-refractivity contribution in [2.45, 2.75) is 51.4 Å². The van der Waals surface area contributed by atoms with Gasteiger partial charge in [0.2, 0.25) is 0 Å². The van der Waals surface area contributed by atoms with Crippen molar-refractivity contribution < 1.29 is 14.3 Å². The second-order valence-electron chi connectivity index (χ2n) is 8.59. The van der Waals surface area contributed by atoms with Crippen molar-refractivity contribution >= 4 is 22.6 Å². The van der Waals surface area contributed by atoms with Crippen LogP contribution in [0, 0.1) is 12.3 Å². The Bertz CT molecular complexity index is 1300. The van der Waals surface area contributed by atoms with Crippen LogP contribution < -0.4 is 16.4 Å². The maximum atomic E-state index is 13.3. The molecule has 0 bridgehead atoms. The first-order valence-corrected chi connectivity index (χ1v) is 11.1. The summed E-state index contributed by atoms with van der Waals surface area (Å²) in [6.07, 6.45) is 5.37. The maximum Gasteiger partial charge on any atom is 0.267 e. The zero-order valence-electron chi connectivity index (χ0n) is 18.1. The standard InChI is InChI=1S/C23H27N5O4/c1-14-6-7-19-26-21-18(23(30)27(19)12-14)10-17(22(29)25-11-15-4-2-8-31-15)20(24)28(21)13-16-5-3-9-32-16/h6-7,10,12,15-16,24H,2-5,8-9,11,13H2,1H3,(H,25,29)/t15-,16+/m1/s1. The van der Waals surface area contributed by atoms with Crippen molar-refractivity contribution in [3.8, 4) is 0 Å². The number of carbonyl (C=O) groups is 1. The molecule has 32 heavy (non-hydrogen) atoms. The van der Waals surface area contributed by atoms with Gasteiger partial charge in [-0.1, -0.05) is 6.07 Å². The molecule has 3 aromatic rings. The summed E-state index contributed by atoms with van der Waals surface area (Å²) in [4.78, 5) is 31.1. The minimum Gasteiger partial charge on any atom is -0.376 e. The number of fused-ring (bicyclic) bond motifs is 2. The molecule has 5 heterocycles. The Hall–Kier alpha value is -3.04. The summed E-state index contributed by atoms with van der Waals surface area (Å²) >= 11 is 0. The molecule has 9 nitrogen and oxygen atoms in total. The summed E-state index contributed by atoms with van der Waals surface area (Å²) in [5, 5.41) is 12.0. The summed E-state index contributed by atoms with van der Waals surface area (Å²) < 4.78 is 14.5. The van der Waals surface area contributed by atoms with E-state index in [1.165, 1.54) is 10.5 Å². The third-order valence-electron chi connectivity index (χ3n) is 6.22. The Balaban J connectivity index is 1.64. The van der Waals surface area contributed by atoms with Crippen molar-refractivity contribution in [2.24, 2.45) is 0 Å². The van der Waals surface area contributed by atoms with Gasteiger partial charge in [0, 0.05) is 26.0 Å². The third kappa shape index (κ3) is 3.82. The lowest BCUT2D eigenvalue weighted by atomic mass is 10.1. The first kappa shape index (κ1) is 20.8. The molecule has 0 aromatic carbocycles. The number of aromatic nitrogens is 3. The van der Waals surface area contributed by atoms with Crippen molar-refractivity contribution in [2.75, 3.05) is 19.8 Å². The highest BCUT2D eigenvalue weighted by Crippen LogP contribution is 2.17. The van der Waals surface area contributed by atoms with Crippen LogP contribution in [0.4, 0.5) is 0 Å². The molecule has 1 amide bonds. The van der Waals surface area contributed by atoms with Crippen molar-refractivity contribution in [3.63, 3.8) is 0 Å². The maximum absolute atomic E-state index is 13.3. The van der Waals surface area contributed by atoms with Crippen LogP contribution in [0.15, 0.2) is 29.2 Å². The zero-order chi connectivity index (χ0) is 22.2. The number of aryl methyl sites for hydroxylation is 1. The molecule has 168 valence electrons. The van der Waals surface area contributed by atoms with E-state index in [0.29, 0.717) is 43.0 Å². The lowest BCUT2D eigenvalue weighted by Crippen LogP contribution is -2.38. The van der Waals surface area contributed by atoms with Crippen LogP contribution in [0.2, 0.25) is 0 Å². The number of nitrogens with one attached hydrogen (secondary N) is 2. The van der Waals surface area contributed by atoms with Gasteiger partial charge in [-0.15, -0.1) is 0 Å². The van der Waals surface area contributed by atoms with E-state index in [-0.39, 0.29) is 34.7 Å². The summed E-state index contributed by atoms with van der Waals surface area (Å²) in [6.45, 7) is 4.05. The Morgan fingerprint density at radius 3 is 2.69 bits per heavy atom. The van der Waals surface area contributed by atoms with Gasteiger partial charge in [-0.25, -0.2) is 4.98 Å². The molecule has 5 rings (SSSR count). The van der Waals surface area contributed by atoms with E-state index >= 15 is 0 Å². The molecule has 0 spiro atoms. The Morgan fingerprint density at radius 1 is 1.22 bits per heavy atom. The first-order valence-electron chi connectivity index (χ1n) is 11.1. The number of nitrogens with zero attached hydrogens (tertiary/aromatic N) is 3. The molecular formula is C23H27N5O4. The fourth-order valence-electron chi connectivity index (χ4n) is 4.49. The highest BCUT2D eigenvalue weighted by Gasteiger charge is 2.23. The SMILES string of the molecule is Cc1ccc2nc3c(cc(C(=O)NC[C@H]4CCCO4)c(=N)n3C[C@@H]3CCCO3)c(=O)n2c1. The van der Waals surface area contributed by atoms with Crippen LogP contribution in [-0.2, 0) is 16.0 Å². The van der Waals surface area contributed by atoms with Gasteiger partial charge in [-0.2, -0.15) is 0 Å². The molecule has 2 aliphatic rings. The molecule has 2 aliphatic heterocycles. The Kier molecular flexibility index (Phi) is 5.52. The Morgan fingerprint density at radius 2 is 1.97 bits per heavy atom. The molecule has 0 unspecified atom stereocenters. The number of rotatable bonds is 5. The number of amides is 1. The second-order valence-corrected chi connectivity index (χ2v) is 8.59. The lowest BCUT2D eigenvalue weighted by Gasteiger charge is -2.18. The molecule has 2 saturated heterocycles. The largest absolute Gasteiger partial charge is 0.376 e. The minimum atomic E-state index is -0.387. The molecular weight excluding hydrogens is 410 g/mol. The predicted octanol–water partition coefficient (Wildman–Crippen LogP) is 1.52.